The van der Waals surface area contributed by atoms with E-state index in [4.69, 9.17) is 4.74 Å². The minimum absolute atomic E-state index is 0.100. The predicted octanol–water partition coefficient (Wildman–Crippen LogP) is 1.65. The molecule has 1 rings (SSSR count). The number of nitrogens with one attached hydrogen (secondary N) is 1. The Morgan fingerprint density at radius 3 is 2.56 bits per heavy atom. The van der Waals surface area contributed by atoms with Crippen molar-refractivity contribution in [2.75, 3.05) is 13.2 Å². The number of carbonyl (C=O) groups is 1. The molecule has 0 radical (unpaired) electrons. The van der Waals surface area contributed by atoms with Crippen LogP contribution in [0.25, 0.3) is 0 Å². The average molecular weight is 228 g/mol. The van der Waals surface area contributed by atoms with Gasteiger partial charge in [-0.15, -0.1) is 0 Å². The van der Waals surface area contributed by atoms with Gasteiger partial charge in [0.1, 0.15) is 12.4 Å². The lowest BCUT2D eigenvalue weighted by Gasteiger charge is -2.04. The first-order chi connectivity index (χ1) is 7.63. The van der Waals surface area contributed by atoms with Gasteiger partial charge in [0.05, 0.1) is 4.92 Å². The second-order valence-corrected chi connectivity index (χ2v) is 2.76. The number of halogens is 1. The Bertz CT molecular complexity index is 380. The Balaban J connectivity index is 2.55. The summed E-state index contributed by atoms with van der Waals surface area (Å²) in [7, 11) is 0. The van der Waals surface area contributed by atoms with Gasteiger partial charge in [-0.1, -0.05) is 0 Å². The number of nitro benzene ring substituents is 1. The van der Waals surface area contributed by atoms with Crippen LogP contribution < -0.4 is 10.1 Å². The zero-order valence-electron chi connectivity index (χ0n) is 8.18. The maximum atomic E-state index is 11.7. The third kappa shape index (κ3) is 3.52. The van der Waals surface area contributed by atoms with Gasteiger partial charge in [-0.05, 0) is 12.1 Å². The molecule has 1 amide bonds. The van der Waals surface area contributed by atoms with Crippen molar-refractivity contribution in [1.82, 2.24) is 5.32 Å². The number of hydrogen-bond acceptors (Lipinski definition) is 4. The van der Waals surface area contributed by atoms with Crippen LogP contribution in [0.1, 0.15) is 0 Å². The summed E-state index contributed by atoms with van der Waals surface area (Å²) >= 11 is 0. The van der Waals surface area contributed by atoms with E-state index in [1.165, 1.54) is 24.3 Å². The number of ether oxygens (including phenoxy) is 1. The van der Waals surface area contributed by atoms with Crippen molar-refractivity contribution in [3.63, 3.8) is 0 Å². The molecule has 0 aliphatic heterocycles. The summed E-state index contributed by atoms with van der Waals surface area (Å²) in [5, 5.41) is 12.5. The van der Waals surface area contributed by atoms with Gasteiger partial charge in [0, 0.05) is 18.7 Å². The van der Waals surface area contributed by atoms with E-state index in [-0.39, 0.29) is 18.0 Å². The Labute approximate surface area is 90.2 Å². The highest BCUT2D eigenvalue weighted by Gasteiger charge is 2.07. The summed E-state index contributed by atoms with van der Waals surface area (Å²) in [6.07, 6.45) is -0.800. The van der Waals surface area contributed by atoms with E-state index in [0.717, 1.165) is 0 Å². The molecule has 0 heterocycles. The van der Waals surface area contributed by atoms with Gasteiger partial charge in [0.25, 0.3) is 5.69 Å². The average Bonchev–Trinajstić information content (AvgIpc) is 2.27. The lowest BCUT2D eigenvalue weighted by molar-refractivity contribution is -0.384. The van der Waals surface area contributed by atoms with Gasteiger partial charge in [0.2, 0.25) is 0 Å². The molecule has 0 aliphatic rings. The molecule has 0 saturated heterocycles. The molecule has 0 saturated carbocycles. The van der Waals surface area contributed by atoms with E-state index in [1.54, 1.807) is 0 Å². The molecule has 6 nitrogen and oxygen atoms in total. The number of nitro groups is 1. The number of hydrogen-bond donors (Lipinski definition) is 1. The van der Waals surface area contributed by atoms with E-state index in [2.05, 4.69) is 5.32 Å². The zero-order valence-corrected chi connectivity index (χ0v) is 8.18. The maximum absolute atomic E-state index is 11.7. The monoisotopic (exact) mass is 228 g/mol. The minimum Gasteiger partial charge on any atom is -0.410 e. The van der Waals surface area contributed by atoms with Crippen LogP contribution in [-0.4, -0.2) is 24.2 Å². The van der Waals surface area contributed by atoms with Crippen molar-refractivity contribution in [3.8, 4) is 5.75 Å². The maximum Gasteiger partial charge on any atom is 0.412 e. The molecule has 0 aromatic heterocycles. The molecule has 1 aromatic rings. The Hall–Kier alpha value is -2.18. The smallest absolute Gasteiger partial charge is 0.410 e. The van der Waals surface area contributed by atoms with E-state index in [1.807, 2.05) is 0 Å². The normalized spacial score (nSPS) is 9.56. The molecule has 0 aliphatic carbocycles. The van der Waals surface area contributed by atoms with Crippen LogP contribution in [0, 0.1) is 10.1 Å². The lowest BCUT2D eigenvalue weighted by Crippen LogP contribution is -2.28. The van der Waals surface area contributed by atoms with Crippen molar-refractivity contribution >= 4 is 11.8 Å². The SMILES string of the molecule is O=C(NCCF)Oc1ccc([N+](=O)[O-])cc1. The largest absolute Gasteiger partial charge is 0.412 e. The highest BCUT2D eigenvalue weighted by atomic mass is 19.1. The molecule has 1 aromatic carbocycles. The summed E-state index contributed by atoms with van der Waals surface area (Å²) in [5.74, 6) is 0.155. The number of benzene rings is 1. The first-order valence-electron chi connectivity index (χ1n) is 4.39. The van der Waals surface area contributed by atoms with Gasteiger partial charge >= 0.3 is 6.09 Å². The summed E-state index contributed by atoms with van der Waals surface area (Å²) in [5.41, 5.74) is -0.100. The van der Waals surface area contributed by atoms with Gasteiger partial charge in [-0.2, -0.15) is 0 Å². The van der Waals surface area contributed by atoms with Crippen LogP contribution in [0.15, 0.2) is 24.3 Å². The minimum atomic E-state index is -0.800. The highest BCUT2D eigenvalue weighted by Crippen LogP contribution is 2.17. The fraction of sp³-hybridized carbons (Fsp3) is 0.222. The number of carbonyl (C=O) groups excluding carboxylic acids is 1. The number of amides is 1. The Morgan fingerprint density at radius 1 is 1.44 bits per heavy atom. The molecule has 0 fully saturated rings. The molecular weight excluding hydrogens is 219 g/mol. The third-order valence-electron chi connectivity index (χ3n) is 1.62. The van der Waals surface area contributed by atoms with E-state index >= 15 is 0 Å². The van der Waals surface area contributed by atoms with Gasteiger partial charge in [-0.25, -0.2) is 9.18 Å². The summed E-state index contributed by atoms with van der Waals surface area (Å²) in [6, 6.07) is 4.98. The van der Waals surface area contributed by atoms with Crippen LogP contribution in [0.4, 0.5) is 14.9 Å². The molecule has 0 unspecified atom stereocenters. The molecule has 0 bridgehead atoms. The lowest BCUT2D eigenvalue weighted by atomic mass is 10.3. The summed E-state index contributed by atoms with van der Waals surface area (Å²) in [6.45, 7) is -0.818. The molecule has 0 atom stereocenters. The molecule has 0 spiro atoms. The summed E-state index contributed by atoms with van der Waals surface area (Å²) < 4.78 is 16.4. The first kappa shape index (κ1) is 11.9. The van der Waals surface area contributed by atoms with Crippen molar-refractivity contribution in [2.24, 2.45) is 0 Å². The van der Waals surface area contributed by atoms with Crippen LogP contribution >= 0.6 is 0 Å². The van der Waals surface area contributed by atoms with E-state index in [9.17, 15) is 19.3 Å². The standard InChI is InChI=1S/C9H9FN2O4/c10-5-6-11-9(13)16-8-3-1-7(2-4-8)12(14)15/h1-4H,5-6H2,(H,11,13). The first-order valence-corrected chi connectivity index (χ1v) is 4.39. The van der Waals surface area contributed by atoms with Crippen molar-refractivity contribution in [1.29, 1.82) is 0 Å². The van der Waals surface area contributed by atoms with E-state index < -0.39 is 17.7 Å². The second kappa shape index (κ2) is 5.64. The third-order valence-corrected chi connectivity index (χ3v) is 1.62. The van der Waals surface area contributed by atoms with Gasteiger partial charge in [-0.3, -0.25) is 10.1 Å². The van der Waals surface area contributed by atoms with Crippen LogP contribution in [0.2, 0.25) is 0 Å². The molecule has 1 N–H and O–H groups in total. The van der Waals surface area contributed by atoms with Gasteiger partial charge < -0.3 is 10.1 Å². The quantitative estimate of drug-likeness (QED) is 0.627. The fourth-order valence-corrected chi connectivity index (χ4v) is 0.928. The van der Waals surface area contributed by atoms with Crippen molar-refractivity contribution in [2.45, 2.75) is 0 Å². The van der Waals surface area contributed by atoms with Crippen LogP contribution in [0.5, 0.6) is 5.75 Å². The second-order valence-electron chi connectivity index (χ2n) is 2.76. The number of nitrogens with zero attached hydrogens (tertiary/aromatic N) is 1. The number of alkyl halides is 1. The topological polar surface area (TPSA) is 81.5 Å². The highest BCUT2D eigenvalue weighted by molar-refractivity contribution is 5.70. The number of non-ortho nitro benzene ring substituents is 1. The Morgan fingerprint density at radius 2 is 2.06 bits per heavy atom. The molecule has 7 heteroatoms. The van der Waals surface area contributed by atoms with Gasteiger partial charge in [0.15, 0.2) is 0 Å². The zero-order chi connectivity index (χ0) is 12.0. The Kier molecular flexibility index (Phi) is 4.19. The summed E-state index contributed by atoms with van der Waals surface area (Å²) in [4.78, 5) is 20.7. The van der Waals surface area contributed by atoms with Crippen molar-refractivity contribution < 1.29 is 18.8 Å². The molecular formula is C9H9FN2O4. The fourth-order valence-electron chi connectivity index (χ4n) is 0.928. The van der Waals surface area contributed by atoms with Crippen LogP contribution in [-0.2, 0) is 0 Å². The molecule has 86 valence electrons. The predicted molar refractivity (Wildman–Crippen MR) is 53.1 cm³/mol. The molecule has 16 heavy (non-hydrogen) atoms. The van der Waals surface area contributed by atoms with Crippen molar-refractivity contribution in [3.05, 3.63) is 34.4 Å². The van der Waals surface area contributed by atoms with Crippen LogP contribution in [0.3, 0.4) is 0 Å². The van der Waals surface area contributed by atoms with E-state index in [0.29, 0.717) is 0 Å². The number of rotatable bonds is 4.